The van der Waals surface area contributed by atoms with E-state index in [1.54, 1.807) is 0 Å². The SMILES string of the molecule is Cc1ccc(-c2ccc(NC3C4CCN(CC4)C3C)nc2)cc1C. The normalized spacial score (nSPS) is 28.8. The van der Waals surface area contributed by atoms with E-state index in [-0.39, 0.29) is 0 Å². The third kappa shape index (κ3) is 2.82. The number of fused-ring (bicyclic) bond motifs is 3. The number of nitrogens with zero attached hydrogens (tertiary/aromatic N) is 2. The number of aromatic nitrogens is 1. The summed E-state index contributed by atoms with van der Waals surface area (Å²) >= 11 is 0. The zero-order valence-electron chi connectivity index (χ0n) is 14.9. The molecular formula is C21H27N3. The van der Waals surface area contributed by atoms with Gasteiger partial charge in [-0.2, -0.15) is 0 Å². The smallest absolute Gasteiger partial charge is 0.126 e. The molecule has 3 heteroatoms. The van der Waals surface area contributed by atoms with Crippen LogP contribution in [0.3, 0.4) is 0 Å². The van der Waals surface area contributed by atoms with Gasteiger partial charge < -0.3 is 5.32 Å². The molecule has 5 rings (SSSR count). The molecule has 2 atom stereocenters. The van der Waals surface area contributed by atoms with E-state index in [1.807, 2.05) is 6.20 Å². The molecule has 1 aromatic heterocycles. The van der Waals surface area contributed by atoms with Gasteiger partial charge in [0.05, 0.1) is 0 Å². The standard InChI is InChI=1S/C21H27N3/c1-14-4-5-18(12-15(14)2)19-6-7-20(22-13-19)23-21-16(3)24-10-8-17(21)9-11-24/h4-7,12-13,16-17,21H,8-11H2,1-3H3,(H,22,23). The molecule has 3 nitrogen and oxygen atoms in total. The number of nitrogens with one attached hydrogen (secondary N) is 1. The Balaban J connectivity index is 1.50. The second-order valence-electron chi connectivity index (χ2n) is 7.52. The number of rotatable bonds is 3. The van der Waals surface area contributed by atoms with Crippen LogP contribution in [0.4, 0.5) is 5.82 Å². The molecule has 126 valence electrons. The van der Waals surface area contributed by atoms with Crippen LogP contribution in [0, 0.1) is 19.8 Å². The van der Waals surface area contributed by atoms with Crippen molar-refractivity contribution in [3.05, 3.63) is 47.7 Å². The molecule has 1 N–H and O–H groups in total. The molecule has 0 radical (unpaired) electrons. The Hall–Kier alpha value is -1.87. The number of aryl methyl sites for hydroxylation is 2. The van der Waals surface area contributed by atoms with E-state index in [4.69, 9.17) is 0 Å². The monoisotopic (exact) mass is 321 g/mol. The first-order valence-electron chi connectivity index (χ1n) is 9.16. The fourth-order valence-corrected chi connectivity index (χ4v) is 4.29. The van der Waals surface area contributed by atoms with Gasteiger partial charge in [-0.15, -0.1) is 0 Å². The van der Waals surface area contributed by atoms with Gasteiger partial charge >= 0.3 is 0 Å². The predicted octanol–water partition coefficient (Wildman–Crippen LogP) is 4.26. The van der Waals surface area contributed by atoms with Gasteiger partial charge in [-0.25, -0.2) is 4.98 Å². The minimum Gasteiger partial charge on any atom is -0.365 e. The second-order valence-corrected chi connectivity index (χ2v) is 7.52. The van der Waals surface area contributed by atoms with E-state index in [1.165, 1.54) is 48.2 Å². The third-order valence-electron chi connectivity index (χ3n) is 6.10. The van der Waals surface area contributed by atoms with Gasteiger partial charge in [-0.05, 0) is 81.4 Å². The molecule has 1 aromatic carbocycles. The highest BCUT2D eigenvalue weighted by Crippen LogP contribution is 2.34. The molecule has 4 heterocycles. The van der Waals surface area contributed by atoms with E-state index in [9.17, 15) is 0 Å². The maximum atomic E-state index is 4.69. The average molecular weight is 321 g/mol. The Kier molecular flexibility index (Phi) is 4.05. The summed E-state index contributed by atoms with van der Waals surface area (Å²) in [6.45, 7) is 9.20. The number of piperidine rings is 3. The predicted molar refractivity (Wildman–Crippen MR) is 100 cm³/mol. The molecule has 0 saturated carbocycles. The van der Waals surface area contributed by atoms with E-state index in [0.29, 0.717) is 12.1 Å². The minimum atomic E-state index is 0.535. The lowest BCUT2D eigenvalue weighted by molar-refractivity contribution is 0.0457. The maximum Gasteiger partial charge on any atom is 0.126 e. The number of hydrogen-bond acceptors (Lipinski definition) is 3. The first-order chi connectivity index (χ1) is 11.6. The van der Waals surface area contributed by atoms with Gasteiger partial charge in [0.2, 0.25) is 0 Å². The van der Waals surface area contributed by atoms with Crippen molar-refractivity contribution in [2.75, 3.05) is 18.4 Å². The van der Waals surface area contributed by atoms with Crippen LogP contribution in [0.2, 0.25) is 0 Å². The molecule has 0 amide bonds. The van der Waals surface area contributed by atoms with E-state index >= 15 is 0 Å². The summed E-state index contributed by atoms with van der Waals surface area (Å²) in [4.78, 5) is 7.30. The summed E-state index contributed by atoms with van der Waals surface area (Å²) in [5.74, 6) is 1.81. The van der Waals surface area contributed by atoms with E-state index in [0.717, 1.165) is 11.7 Å². The van der Waals surface area contributed by atoms with Crippen molar-refractivity contribution in [2.24, 2.45) is 5.92 Å². The Bertz CT molecular complexity index is 712. The molecule has 2 unspecified atom stereocenters. The Labute approximate surface area is 145 Å². The molecule has 0 aliphatic carbocycles. The number of anilines is 1. The number of pyridine rings is 1. The van der Waals surface area contributed by atoms with Gasteiger partial charge in [0.25, 0.3) is 0 Å². The van der Waals surface area contributed by atoms with Crippen LogP contribution in [0.5, 0.6) is 0 Å². The third-order valence-corrected chi connectivity index (χ3v) is 6.10. The lowest BCUT2D eigenvalue weighted by Gasteiger charge is -2.50. The van der Waals surface area contributed by atoms with Gasteiger partial charge in [0.15, 0.2) is 0 Å². The van der Waals surface area contributed by atoms with E-state index < -0.39 is 0 Å². The Morgan fingerprint density at radius 1 is 1.00 bits per heavy atom. The van der Waals surface area contributed by atoms with Crippen LogP contribution in [0.1, 0.15) is 30.9 Å². The number of hydrogen-bond donors (Lipinski definition) is 1. The van der Waals surface area contributed by atoms with Crippen molar-refractivity contribution in [1.29, 1.82) is 0 Å². The fourth-order valence-electron chi connectivity index (χ4n) is 4.29. The van der Waals surface area contributed by atoms with Crippen LogP contribution >= 0.6 is 0 Å². The molecule has 3 aliphatic rings. The molecule has 3 aliphatic heterocycles. The van der Waals surface area contributed by atoms with Gasteiger partial charge in [0, 0.05) is 23.8 Å². The Morgan fingerprint density at radius 2 is 1.75 bits per heavy atom. The van der Waals surface area contributed by atoms with Crippen molar-refractivity contribution in [1.82, 2.24) is 9.88 Å². The summed E-state index contributed by atoms with van der Waals surface area (Å²) in [5.41, 5.74) is 5.09. The second kappa shape index (κ2) is 6.21. The Morgan fingerprint density at radius 3 is 2.38 bits per heavy atom. The van der Waals surface area contributed by atoms with Crippen molar-refractivity contribution < 1.29 is 0 Å². The first-order valence-corrected chi connectivity index (χ1v) is 9.16. The van der Waals surface area contributed by atoms with Crippen molar-refractivity contribution in [2.45, 2.75) is 45.7 Å². The quantitative estimate of drug-likeness (QED) is 0.915. The summed E-state index contributed by atoms with van der Waals surface area (Å²) in [6, 6.07) is 12.1. The van der Waals surface area contributed by atoms with Crippen molar-refractivity contribution >= 4 is 5.82 Å². The minimum absolute atomic E-state index is 0.535. The maximum absolute atomic E-state index is 4.69. The summed E-state index contributed by atoms with van der Waals surface area (Å²) in [5, 5.41) is 3.71. The molecule has 2 bridgehead atoms. The van der Waals surface area contributed by atoms with Crippen LogP contribution in [0.25, 0.3) is 11.1 Å². The summed E-state index contributed by atoms with van der Waals surface area (Å²) in [6.07, 6.45) is 4.64. The zero-order valence-corrected chi connectivity index (χ0v) is 14.9. The van der Waals surface area contributed by atoms with Gasteiger partial charge in [0.1, 0.15) is 5.82 Å². The summed E-state index contributed by atoms with van der Waals surface area (Å²) in [7, 11) is 0. The van der Waals surface area contributed by atoms with Gasteiger partial charge in [-0.1, -0.05) is 18.2 Å². The molecular weight excluding hydrogens is 294 g/mol. The fraction of sp³-hybridized carbons (Fsp3) is 0.476. The topological polar surface area (TPSA) is 28.2 Å². The molecule has 3 fully saturated rings. The van der Waals surface area contributed by atoms with E-state index in [2.05, 4.69) is 66.3 Å². The molecule has 2 aromatic rings. The lowest BCUT2D eigenvalue weighted by Crippen LogP contribution is -2.59. The summed E-state index contributed by atoms with van der Waals surface area (Å²) < 4.78 is 0. The zero-order chi connectivity index (χ0) is 16.7. The van der Waals surface area contributed by atoms with Crippen molar-refractivity contribution in [3.8, 4) is 11.1 Å². The molecule has 3 saturated heterocycles. The highest BCUT2D eigenvalue weighted by atomic mass is 15.2. The largest absolute Gasteiger partial charge is 0.365 e. The lowest BCUT2D eigenvalue weighted by atomic mass is 9.79. The molecule has 24 heavy (non-hydrogen) atoms. The van der Waals surface area contributed by atoms with Crippen LogP contribution in [-0.2, 0) is 0 Å². The number of benzene rings is 1. The molecule has 0 spiro atoms. The average Bonchev–Trinajstić information content (AvgIpc) is 2.61. The van der Waals surface area contributed by atoms with Crippen LogP contribution in [-0.4, -0.2) is 35.1 Å². The highest BCUT2D eigenvalue weighted by molar-refractivity contribution is 5.65. The van der Waals surface area contributed by atoms with Crippen molar-refractivity contribution in [3.63, 3.8) is 0 Å². The van der Waals surface area contributed by atoms with Gasteiger partial charge in [-0.3, -0.25) is 4.90 Å². The first kappa shape index (κ1) is 15.6. The van der Waals surface area contributed by atoms with Crippen LogP contribution in [0.15, 0.2) is 36.5 Å². The highest BCUT2D eigenvalue weighted by Gasteiger charge is 2.39. The van der Waals surface area contributed by atoms with Crippen LogP contribution < -0.4 is 5.32 Å².